The van der Waals surface area contributed by atoms with Crippen LogP contribution in [0.5, 0.6) is 5.88 Å². The molecule has 2 N–H and O–H groups in total. The van der Waals surface area contributed by atoms with Gasteiger partial charge >= 0.3 is 12.1 Å². The van der Waals surface area contributed by atoms with E-state index in [0.717, 1.165) is 0 Å². The van der Waals surface area contributed by atoms with Crippen molar-refractivity contribution in [1.82, 2.24) is 24.9 Å². The summed E-state index contributed by atoms with van der Waals surface area (Å²) in [4.78, 5) is 52.7. The standard InChI is InChI=1S/C26H35N5O8/c1-3-37-16-17-39-22-18-21(28-31(22)19-8-6-5-7-9-19)24(34)27-20(10-11-23(32)33)25(35)29-12-14-30(15-13-29)26(36)38-4-2/h5-9,18,20H,3-4,10-17H2,1-2H3,(H,27,34)(H,32,33). The van der Waals surface area contributed by atoms with Crippen molar-refractivity contribution < 1.29 is 38.5 Å². The van der Waals surface area contributed by atoms with Gasteiger partial charge in [-0.15, -0.1) is 0 Å². The minimum atomic E-state index is -1.09. The van der Waals surface area contributed by atoms with Crippen LogP contribution in [0.15, 0.2) is 36.4 Å². The maximum absolute atomic E-state index is 13.3. The largest absolute Gasteiger partial charge is 0.481 e. The zero-order valence-corrected chi connectivity index (χ0v) is 22.2. The molecule has 0 saturated carbocycles. The predicted molar refractivity (Wildman–Crippen MR) is 139 cm³/mol. The first kappa shape index (κ1) is 29.4. The minimum absolute atomic E-state index is 0.00511. The number of nitrogens with zero attached hydrogens (tertiary/aromatic N) is 4. The highest BCUT2D eigenvalue weighted by atomic mass is 16.6. The lowest BCUT2D eigenvalue weighted by molar-refractivity contribution is -0.138. The van der Waals surface area contributed by atoms with Crippen LogP contribution in [0.2, 0.25) is 0 Å². The fourth-order valence-corrected chi connectivity index (χ4v) is 3.98. The van der Waals surface area contributed by atoms with Crippen molar-refractivity contribution in [2.75, 3.05) is 52.6 Å². The van der Waals surface area contributed by atoms with Crippen LogP contribution in [0, 0.1) is 0 Å². The molecule has 0 aliphatic carbocycles. The molecule has 1 aromatic heterocycles. The van der Waals surface area contributed by atoms with Crippen molar-refractivity contribution in [3.63, 3.8) is 0 Å². The van der Waals surface area contributed by atoms with Gasteiger partial charge in [0.25, 0.3) is 5.91 Å². The van der Waals surface area contributed by atoms with E-state index in [0.29, 0.717) is 24.8 Å². The number of carboxylic acid groups (broad SMARTS) is 1. The second-order valence-electron chi connectivity index (χ2n) is 8.63. The smallest absolute Gasteiger partial charge is 0.409 e. The van der Waals surface area contributed by atoms with Gasteiger partial charge < -0.3 is 34.4 Å². The molecule has 0 radical (unpaired) electrons. The van der Waals surface area contributed by atoms with Crippen molar-refractivity contribution in [3.8, 4) is 11.6 Å². The minimum Gasteiger partial charge on any atom is -0.481 e. The number of aliphatic carboxylic acids is 1. The first-order valence-electron chi connectivity index (χ1n) is 12.9. The summed E-state index contributed by atoms with van der Waals surface area (Å²) in [5.74, 6) is -1.85. The van der Waals surface area contributed by atoms with Crippen LogP contribution >= 0.6 is 0 Å². The van der Waals surface area contributed by atoms with Crippen LogP contribution in [-0.2, 0) is 19.1 Å². The van der Waals surface area contributed by atoms with Crippen molar-refractivity contribution >= 4 is 23.9 Å². The van der Waals surface area contributed by atoms with Crippen molar-refractivity contribution in [3.05, 3.63) is 42.1 Å². The normalized spacial score (nSPS) is 14.0. The molecule has 13 nitrogen and oxygen atoms in total. The van der Waals surface area contributed by atoms with Crippen LogP contribution < -0.4 is 10.1 Å². The monoisotopic (exact) mass is 545 g/mol. The third-order valence-electron chi connectivity index (χ3n) is 5.96. The van der Waals surface area contributed by atoms with Crippen LogP contribution in [0.1, 0.15) is 37.2 Å². The first-order valence-corrected chi connectivity index (χ1v) is 12.9. The van der Waals surface area contributed by atoms with Gasteiger partial charge in [-0.05, 0) is 32.4 Å². The topological polar surface area (TPSA) is 153 Å². The van der Waals surface area contributed by atoms with E-state index in [9.17, 15) is 24.3 Å². The number of hydrogen-bond donors (Lipinski definition) is 2. The molecule has 212 valence electrons. The zero-order chi connectivity index (χ0) is 28.2. The Labute approximate surface area is 226 Å². The van der Waals surface area contributed by atoms with Gasteiger partial charge in [-0.1, -0.05) is 18.2 Å². The molecule has 3 amide bonds. The molecule has 1 aliphatic heterocycles. The Morgan fingerprint density at radius 1 is 1.00 bits per heavy atom. The van der Waals surface area contributed by atoms with Gasteiger partial charge in [-0.3, -0.25) is 14.4 Å². The third-order valence-corrected chi connectivity index (χ3v) is 5.96. The summed E-state index contributed by atoms with van der Waals surface area (Å²) in [7, 11) is 0. The lowest BCUT2D eigenvalue weighted by Gasteiger charge is -2.35. The number of benzene rings is 1. The van der Waals surface area contributed by atoms with Gasteiger partial charge in [0.1, 0.15) is 12.6 Å². The molecule has 39 heavy (non-hydrogen) atoms. The number of aromatic nitrogens is 2. The lowest BCUT2D eigenvalue weighted by Crippen LogP contribution is -2.56. The van der Waals surface area contributed by atoms with E-state index in [1.54, 1.807) is 19.1 Å². The molecule has 0 bridgehead atoms. The van der Waals surface area contributed by atoms with E-state index in [-0.39, 0.29) is 57.9 Å². The predicted octanol–water partition coefficient (Wildman–Crippen LogP) is 1.55. The Bertz CT molecular complexity index is 1110. The van der Waals surface area contributed by atoms with Gasteiger partial charge in [-0.25, -0.2) is 9.48 Å². The molecular weight excluding hydrogens is 510 g/mol. The number of nitrogens with one attached hydrogen (secondary N) is 1. The Kier molecular flexibility index (Phi) is 11.1. The van der Waals surface area contributed by atoms with Crippen molar-refractivity contribution in [2.45, 2.75) is 32.7 Å². The average molecular weight is 546 g/mol. The molecule has 0 spiro atoms. The molecule has 1 atom stereocenters. The summed E-state index contributed by atoms with van der Waals surface area (Å²) in [5.41, 5.74) is 0.673. The molecule has 13 heteroatoms. The van der Waals surface area contributed by atoms with E-state index in [1.165, 1.54) is 20.5 Å². The molecule has 1 aromatic carbocycles. The fraction of sp³-hybridized carbons (Fsp3) is 0.500. The van der Waals surface area contributed by atoms with E-state index in [2.05, 4.69) is 10.4 Å². The number of amides is 3. The average Bonchev–Trinajstić information content (AvgIpc) is 3.38. The number of hydrogen-bond acceptors (Lipinski definition) is 8. The second-order valence-corrected chi connectivity index (χ2v) is 8.63. The summed E-state index contributed by atoms with van der Waals surface area (Å²) in [5, 5.41) is 16.2. The highest BCUT2D eigenvalue weighted by molar-refractivity contribution is 5.96. The van der Waals surface area contributed by atoms with Crippen LogP contribution in [0.25, 0.3) is 5.69 Å². The molecule has 3 rings (SSSR count). The maximum atomic E-state index is 13.3. The number of ether oxygens (including phenoxy) is 3. The number of carboxylic acids is 1. The molecule has 1 aliphatic rings. The first-order chi connectivity index (χ1) is 18.8. The second kappa shape index (κ2) is 14.7. The Hall–Kier alpha value is -4.13. The van der Waals surface area contributed by atoms with Gasteiger partial charge in [0, 0.05) is 45.3 Å². The number of piperazine rings is 1. The van der Waals surface area contributed by atoms with Gasteiger partial charge in [0.05, 0.1) is 18.9 Å². The van der Waals surface area contributed by atoms with Crippen molar-refractivity contribution in [1.29, 1.82) is 0 Å². The van der Waals surface area contributed by atoms with E-state index in [1.807, 2.05) is 25.1 Å². The Morgan fingerprint density at radius 3 is 2.33 bits per heavy atom. The number of para-hydroxylation sites is 1. The fourth-order valence-electron chi connectivity index (χ4n) is 3.98. The van der Waals surface area contributed by atoms with Crippen molar-refractivity contribution in [2.24, 2.45) is 0 Å². The lowest BCUT2D eigenvalue weighted by atomic mass is 10.1. The maximum Gasteiger partial charge on any atom is 0.409 e. The zero-order valence-electron chi connectivity index (χ0n) is 22.2. The SMILES string of the molecule is CCOCCOc1cc(C(=O)NC(CCC(=O)O)C(=O)N2CCN(C(=O)OCC)CC2)nn1-c1ccccc1. The summed E-state index contributed by atoms with van der Waals surface area (Å²) >= 11 is 0. The number of carbonyl (C=O) groups is 4. The summed E-state index contributed by atoms with van der Waals surface area (Å²) < 4.78 is 17.6. The Balaban J connectivity index is 1.74. The molecule has 1 unspecified atom stereocenters. The number of rotatable bonds is 13. The quantitative estimate of drug-likeness (QED) is 0.357. The van der Waals surface area contributed by atoms with E-state index in [4.69, 9.17) is 14.2 Å². The van der Waals surface area contributed by atoms with Gasteiger partial charge in [0.2, 0.25) is 11.8 Å². The summed E-state index contributed by atoms with van der Waals surface area (Å²) in [6.07, 6.45) is -0.868. The van der Waals surface area contributed by atoms with Gasteiger partial charge in [-0.2, -0.15) is 5.10 Å². The molecule has 2 aromatic rings. The van der Waals surface area contributed by atoms with Gasteiger partial charge in [0.15, 0.2) is 5.69 Å². The highest BCUT2D eigenvalue weighted by Crippen LogP contribution is 2.20. The third kappa shape index (κ3) is 8.43. The van der Waals surface area contributed by atoms with Crippen LogP contribution in [0.4, 0.5) is 4.79 Å². The van der Waals surface area contributed by atoms with Crippen LogP contribution in [0.3, 0.4) is 0 Å². The summed E-state index contributed by atoms with van der Waals surface area (Å²) in [6.45, 7) is 5.99. The number of carbonyl (C=O) groups excluding carboxylic acids is 3. The van der Waals surface area contributed by atoms with Crippen LogP contribution in [-0.4, -0.2) is 107 Å². The summed E-state index contributed by atoms with van der Waals surface area (Å²) in [6, 6.07) is 9.48. The molecule has 1 fully saturated rings. The molecule has 2 heterocycles. The Morgan fingerprint density at radius 2 is 1.69 bits per heavy atom. The highest BCUT2D eigenvalue weighted by Gasteiger charge is 2.31. The van der Waals surface area contributed by atoms with E-state index >= 15 is 0 Å². The molecular formula is C26H35N5O8. The molecule has 1 saturated heterocycles. The van der Waals surface area contributed by atoms with E-state index < -0.39 is 29.9 Å².